The van der Waals surface area contributed by atoms with Crippen molar-refractivity contribution in [2.75, 3.05) is 31.1 Å². The maximum absolute atomic E-state index is 11.1. The monoisotopic (exact) mass is 404 g/mol. The van der Waals surface area contributed by atoms with Crippen molar-refractivity contribution in [3.63, 3.8) is 0 Å². The summed E-state index contributed by atoms with van der Waals surface area (Å²) in [5.41, 5.74) is 2.52. The summed E-state index contributed by atoms with van der Waals surface area (Å²) in [7, 11) is 0. The quantitative estimate of drug-likeness (QED) is 0.678. The number of carboxylic acids is 1. The molecule has 0 spiro atoms. The zero-order valence-corrected chi connectivity index (χ0v) is 16.0. The van der Waals surface area contributed by atoms with Gasteiger partial charge in [0, 0.05) is 49.2 Å². The molecule has 1 aromatic heterocycles. The Labute approximate surface area is 166 Å². The largest absolute Gasteiger partial charge is 0.475 e. The van der Waals surface area contributed by atoms with Crippen LogP contribution in [0.15, 0.2) is 46.9 Å². The van der Waals surface area contributed by atoms with Crippen molar-refractivity contribution >= 4 is 45.8 Å². The molecule has 1 aliphatic rings. The van der Waals surface area contributed by atoms with E-state index in [-0.39, 0.29) is 5.76 Å². The molecule has 0 radical (unpaired) electrons. The number of rotatable bonds is 4. The van der Waals surface area contributed by atoms with Gasteiger partial charge in [0.15, 0.2) is 0 Å². The number of carboxylic acid groups (broad SMARTS) is 1. The molecular formula is C20H18Cl2N2O3. The van der Waals surface area contributed by atoms with E-state index in [9.17, 15) is 4.79 Å². The Morgan fingerprint density at radius 1 is 1.07 bits per heavy atom. The molecule has 140 valence electrons. The first-order chi connectivity index (χ1) is 13.0. The highest BCUT2D eigenvalue weighted by molar-refractivity contribution is 6.38. The van der Waals surface area contributed by atoms with Gasteiger partial charge < -0.3 is 14.4 Å². The minimum absolute atomic E-state index is 0.103. The third-order valence-electron chi connectivity index (χ3n) is 4.89. The molecule has 3 aromatic rings. The van der Waals surface area contributed by atoms with Gasteiger partial charge in [-0.15, -0.1) is 0 Å². The summed E-state index contributed by atoms with van der Waals surface area (Å²) < 4.78 is 5.32. The second-order valence-corrected chi connectivity index (χ2v) is 7.37. The van der Waals surface area contributed by atoms with Crippen LogP contribution in [0.4, 0.5) is 5.69 Å². The molecule has 0 amide bonds. The normalized spacial score (nSPS) is 15.4. The molecule has 2 aromatic carbocycles. The van der Waals surface area contributed by atoms with Crippen molar-refractivity contribution in [3.8, 4) is 0 Å². The molecule has 0 unspecified atom stereocenters. The highest BCUT2D eigenvalue weighted by Gasteiger charge is 2.22. The van der Waals surface area contributed by atoms with Crippen LogP contribution in [-0.2, 0) is 6.54 Å². The van der Waals surface area contributed by atoms with Gasteiger partial charge in [0.05, 0.1) is 10.7 Å². The van der Waals surface area contributed by atoms with Crippen molar-refractivity contribution in [2.24, 2.45) is 0 Å². The molecule has 1 saturated heterocycles. The van der Waals surface area contributed by atoms with E-state index in [2.05, 4.69) is 15.9 Å². The van der Waals surface area contributed by atoms with Gasteiger partial charge in [0.25, 0.3) is 0 Å². The number of anilines is 1. The zero-order valence-electron chi connectivity index (χ0n) is 14.5. The number of hydrogen-bond donors (Lipinski definition) is 1. The fourth-order valence-corrected chi connectivity index (χ4v) is 3.96. The molecule has 0 aliphatic carbocycles. The van der Waals surface area contributed by atoms with Crippen molar-refractivity contribution in [3.05, 3.63) is 63.8 Å². The molecule has 1 aliphatic heterocycles. The average Bonchev–Trinajstić information content (AvgIpc) is 3.11. The average molecular weight is 405 g/mol. The minimum Gasteiger partial charge on any atom is -0.475 e. The number of benzene rings is 2. The molecule has 4 rings (SSSR count). The first-order valence-electron chi connectivity index (χ1n) is 8.69. The molecular weight excluding hydrogens is 387 g/mol. The lowest BCUT2D eigenvalue weighted by atomic mass is 10.1. The minimum atomic E-state index is -1.10. The first-order valence-corrected chi connectivity index (χ1v) is 9.44. The number of hydrogen-bond acceptors (Lipinski definition) is 4. The van der Waals surface area contributed by atoms with Gasteiger partial charge in [0.2, 0.25) is 5.76 Å². The predicted octanol–water partition coefficient (Wildman–Crippen LogP) is 4.76. The van der Waals surface area contributed by atoms with E-state index >= 15 is 0 Å². The Bertz CT molecular complexity index is 994. The molecule has 27 heavy (non-hydrogen) atoms. The van der Waals surface area contributed by atoms with Crippen LogP contribution in [0.3, 0.4) is 0 Å². The third kappa shape index (κ3) is 3.63. The van der Waals surface area contributed by atoms with E-state index < -0.39 is 5.97 Å². The smallest absolute Gasteiger partial charge is 0.371 e. The molecule has 2 heterocycles. The van der Waals surface area contributed by atoms with Crippen LogP contribution in [0.5, 0.6) is 0 Å². The number of piperazine rings is 1. The fraction of sp³-hybridized carbons (Fsp3) is 0.250. The highest BCUT2D eigenvalue weighted by Crippen LogP contribution is 2.36. The molecule has 5 nitrogen and oxygen atoms in total. The Kier molecular flexibility index (Phi) is 5.00. The Balaban J connectivity index is 1.48. The van der Waals surface area contributed by atoms with Gasteiger partial charge in [-0.1, -0.05) is 41.4 Å². The molecule has 7 heteroatoms. The van der Waals surface area contributed by atoms with Crippen molar-refractivity contribution in [2.45, 2.75) is 6.54 Å². The summed E-state index contributed by atoms with van der Waals surface area (Å²) in [6.45, 7) is 4.28. The number of furan rings is 1. The number of aromatic carboxylic acids is 1. The maximum atomic E-state index is 11.1. The van der Waals surface area contributed by atoms with Crippen LogP contribution >= 0.6 is 23.2 Å². The number of carbonyl (C=O) groups is 1. The second-order valence-electron chi connectivity index (χ2n) is 6.58. The van der Waals surface area contributed by atoms with Gasteiger partial charge in [0.1, 0.15) is 5.58 Å². The number of halogens is 2. The number of nitrogens with zero attached hydrogens (tertiary/aromatic N) is 2. The van der Waals surface area contributed by atoms with Crippen LogP contribution in [0.2, 0.25) is 10.0 Å². The number of fused-ring (bicyclic) bond motifs is 1. The molecule has 0 bridgehead atoms. The lowest BCUT2D eigenvalue weighted by Crippen LogP contribution is -2.46. The fourth-order valence-electron chi connectivity index (χ4n) is 3.43. The van der Waals surface area contributed by atoms with Gasteiger partial charge in [-0.2, -0.15) is 0 Å². The van der Waals surface area contributed by atoms with Gasteiger partial charge >= 0.3 is 5.97 Å². The summed E-state index contributed by atoms with van der Waals surface area (Å²) in [6.07, 6.45) is 0. The predicted molar refractivity (Wildman–Crippen MR) is 107 cm³/mol. The summed E-state index contributed by atoms with van der Waals surface area (Å²) in [5, 5.41) is 11.1. The lowest BCUT2D eigenvalue weighted by Gasteiger charge is -2.36. The summed E-state index contributed by atoms with van der Waals surface area (Å²) in [4.78, 5) is 15.7. The standard InChI is InChI=1S/C20H18Cl2N2O3/c21-15-4-2-1-3-13(15)12-23-7-9-24(10-8-23)16-5-6-17-14(19(16)22)11-18(27-17)20(25)26/h1-6,11H,7-10,12H2,(H,25,26). The van der Waals surface area contributed by atoms with E-state index in [4.69, 9.17) is 32.7 Å². The van der Waals surface area contributed by atoms with Crippen LogP contribution < -0.4 is 4.90 Å². The molecule has 1 N–H and O–H groups in total. The second kappa shape index (κ2) is 7.43. The Morgan fingerprint density at radius 3 is 2.52 bits per heavy atom. The molecule has 1 fully saturated rings. The molecule has 0 saturated carbocycles. The maximum Gasteiger partial charge on any atom is 0.371 e. The van der Waals surface area contributed by atoms with Gasteiger partial charge in [-0.05, 0) is 23.8 Å². The first kappa shape index (κ1) is 18.2. The summed E-state index contributed by atoms with van der Waals surface area (Å²) >= 11 is 12.8. The highest BCUT2D eigenvalue weighted by atomic mass is 35.5. The van der Waals surface area contributed by atoms with Crippen molar-refractivity contribution in [1.82, 2.24) is 4.90 Å². The van der Waals surface area contributed by atoms with E-state index in [1.165, 1.54) is 6.07 Å². The topological polar surface area (TPSA) is 56.9 Å². The van der Waals surface area contributed by atoms with E-state index in [1.54, 1.807) is 6.07 Å². The van der Waals surface area contributed by atoms with E-state index in [0.717, 1.165) is 49.0 Å². The third-order valence-corrected chi connectivity index (χ3v) is 5.66. The summed E-state index contributed by atoms with van der Waals surface area (Å²) in [5.74, 6) is -1.20. The van der Waals surface area contributed by atoms with Crippen LogP contribution in [0, 0.1) is 0 Å². The van der Waals surface area contributed by atoms with Crippen molar-refractivity contribution < 1.29 is 14.3 Å². The van der Waals surface area contributed by atoms with Crippen LogP contribution in [0.1, 0.15) is 16.1 Å². The van der Waals surface area contributed by atoms with Crippen LogP contribution in [-0.4, -0.2) is 42.2 Å². The van der Waals surface area contributed by atoms with Gasteiger partial charge in [-0.25, -0.2) is 4.79 Å². The lowest BCUT2D eigenvalue weighted by molar-refractivity contribution is 0.0665. The SMILES string of the molecule is O=C(O)c1cc2c(Cl)c(N3CCN(Cc4ccccc4Cl)CC3)ccc2o1. The molecule has 0 atom stereocenters. The Morgan fingerprint density at radius 2 is 1.81 bits per heavy atom. The van der Waals surface area contributed by atoms with Gasteiger partial charge in [-0.3, -0.25) is 4.90 Å². The van der Waals surface area contributed by atoms with Crippen LogP contribution in [0.25, 0.3) is 11.0 Å². The van der Waals surface area contributed by atoms with E-state index in [1.807, 2.05) is 24.3 Å². The Hall–Kier alpha value is -2.21. The summed E-state index contributed by atoms with van der Waals surface area (Å²) in [6, 6.07) is 13.1. The van der Waals surface area contributed by atoms with Crippen molar-refractivity contribution in [1.29, 1.82) is 0 Å². The van der Waals surface area contributed by atoms with E-state index in [0.29, 0.717) is 16.0 Å². The zero-order chi connectivity index (χ0) is 19.0.